The molecule has 0 spiro atoms. The van der Waals surface area contributed by atoms with Crippen LogP contribution in [0.1, 0.15) is 55.8 Å². The number of nitrogens with one attached hydrogen (secondary N) is 2. The van der Waals surface area contributed by atoms with Gasteiger partial charge in [-0.25, -0.2) is 0 Å². The van der Waals surface area contributed by atoms with Crippen molar-refractivity contribution in [3.8, 4) is 11.5 Å². The summed E-state index contributed by atoms with van der Waals surface area (Å²) in [5.41, 5.74) is 0.884. The molecule has 2 rings (SSSR count). The van der Waals surface area contributed by atoms with Crippen LogP contribution in [0.4, 0.5) is 0 Å². The molecule has 2 amide bonds. The number of hydrogen-bond donors (Lipinski definition) is 2. The lowest BCUT2D eigenvalue weighted by Gasteiger charge is -2.18. The van der Waals surface area contributed by atoms with Crippen LogP contribution in [0.2, 0.25) is 0 Å². The number of furan rings is 1. The Labute approximate surface area is 179 Å². The van der Waals surface area contributed by atoms with Crippen molar-refractivity contribution in [2.24, 2.45) is 0 Å². The number of benzene rings is 1. The molecule has 0 fully saturated rings. The molecule has 7 nitrogen and oxygen atoms in total. The van der Waals surface area contributed by atoms with Crippen LogP contribution in [0.5, 0.6) is 11.5 Å². The van der Waals surface area contributed by atoms with Gasteiger partial charge in [-0.2, -0.15) is 0 Å². The third-order valence-electron chi connectivity index (χ3n) is 3.98. The average molecular weight is 467 g/mol. The summed E-state index contributed by atoms with van der Waals surface area (Å²) < 4.78 is 17.1. The number of halogens is 1. The van der Waals surface area contributed by atoms with Crippen LogP contribution in [-0.4, -0.2) is 31.6 Å². The monoisotopic (exact) mass is 466 g/mol. The van der Waals surface area contributed by atoms with E-state index in [0.717, 1.165) is 18.4 Å². The van der Waals surface area contributed by atoms with Gasteiger partial charge in [0, 0.05) is 0 Å². The summed E-state index contributed by atoms with van der Waals surface area (Å²) in [5.74, 6) is 0.734. The highest BCUT2D eigenvalue weighted by Crippen LogP contribution is 2.31. The molecule has 1 aromatic carbocycles. The van der Waals surface area contributed by atoms with E-state index in [4.69, 9.17) is 13.9 Å². The molecule has 1 unspecified atom stereocenters. The normalized spacial score (nSPS) is 11.6. The Morgan fingerprint density at radius 2 is 1.76 bits per heavy atom. The summed E-state index contributed by atoms with van der Waals surface area (Å²) in [6, 6.07) is 8.51. The lowest BCUT2D eigenvalue weighted by molar-refractivity contribution is -0.120. The van der Waals surface area contributed by atoms with Gasteiger partial charge in [-0.1, -0.05) is 19.9 Å². The third kappa shape index (κ3) is 7.12. The molecule has 1 heterocycles. The zero-order valence-electron chi connectivity index (χ0n) is 16.9. The van der Waals surface area contributed by atoms with Crippen LogP contribution >= 0.6 is 15.9 Å². The van der Waals surface area contributed by atoms with Crippen molar-refractivity contribution in [2.45, 2.75) is 39.7 Å². The average Bonchev–Trinajstić information content (AvgIpc) is 3.15. The van der Waals surface area contributed by atoms with Crippen LogP contribution in [0.25, 0.3) is 0 Å². The summed E-state index contributed by atoms with van der Waals surface area (Å²) in [5, 5.41) is 5.39. The van der Waals surface area contributed by atoms with E-state index in [1.807, 2.05) is 39.0 Å². The molecule has 1 atom stereocenters. The van der Waals surface area contributed by atoms with E-state index in [-0.39, 0.29) is 24.3 Å². The topological polar surface area (TPSA) is 89.8 Å². The summed E-state index contributed by atoms with van der Waals surface area (Å²) >= 11 is 3.13. The van der Waals surface area contributed by atoms with Crippen LogP contribution in [-0.2, 0) is 4.79 Å². The number of ether oxygens (including phenoxy) is 2. The van der Waals surface area contributed by atoms with Crippen molar-refractivity contribution in [3.05, 3.63) is 46.3 Å². The highest BCUT2D eigenvalue weighted by molar-refractivity contribution is 9.10. The smallest absolute Gasteiger partial charge is 0.287 e. The maximum atomic E-state index is 12.2. The van der Waals surface area contributed by atoms with Gasteiger partial charge in [-0.15, -0.1) is 0 Å². The number of rotatable bonds is 11. The second kappa shape index (κ2) is 11.5. The number of amides is 2. The fraction of sp³-hybridized carbons (Fsp3) is 0.429. The Hall–Kier alpha value is -2.48. The molecule has 0 bridgehead atoms. The largest absolute Gasteiger partial charge is 0.490 e. The Balaban J connectivity index is 1.94. The van der Waals surface area contributed by atoms with Crippen molar-refractivity contribution in [1.82, 2.24) is 10.6 Å². The quantitative estimate of drug-likeness (QED) is 0.517. The van der Waals surface area contributed by atoms with E-state index >= 15 is 0 Å². The summed E-state index contributed by atoms with van der Waals surface area (Å²) in [4.78, 5) is 24.2. The highest BCUT2D eigenvalue weighted by Gasteiger charge is 2.15. The van der Waals surface area contributed by atoms with Crippen LogP contribution in [0.3, 0.4) is 0 Å². The van der Waals surface area contributed by atoms with Gasteiger partial charge in [0.05, 0.1) is 25.8 Å². The van der Waals surface area contributed by atoms with Crippen LogP contribution in [0, 0.1) is 0 Å². The van der Waals surface area contributed by atoms with Crippen molar-refractivity contribution < 1.29 is 23.5 Å². The molecule has 0 aliphatic rings. The van der Waals surface area contributed by atoms with E-state index in [0.29, 0.717) is 29.4 Å². The van der Waals surface area contributed by atoms with Crippen molar-refractivity contribution >= 4 is 27.7 Å². The van der Waals surface area contributed by atoms with E-state index in [1.54, 1.807) is 6.07 Å². The molecular formula is C21H27BrN2O5. The maximum Gasteiger partial charge on any atom is 0.287 e. The van der Waals surface area contributed by atoms with E-state index in [2.05, 4.69) is 26.6 Å². The van der Waals surface area contributed by atoms with E-state index in [9.17, 15) is 9.59 Å². The van der Waals surface area contributed by atoms with Gasteiger partial charge in [0.2, 0.25) is 5.91 Å². The van der Waals surface area contributed by atoms with Crippen molar-refractivity contribution in [2.75, 3.05) is 19.8 Å². The lowest BCUT2D eigenvalue weighted by Crippen LogP contribution is -2.37. The second-order valence-electron chi connectivity index (χ2n) is 6.48. The second-order valence-corrected chi connectivity index (χ2v) is 7.26. The van der Waals surface area contributed by atoms with Crippen molar-refractivity contribution in [3.63, 3.8) is 0 Å². The molecule has 0 aliphatic carbocycles. The number of hydrogen-bond acceptors (Lipinski definition) is 5. The van der Waals surface area contributed by atoms with Crippen molar-refractivity contribution in [1.29, 1.82) is 0 Å². The number of carbonyl (C=O) groups excluding carboxylic acids is 2. The molecule has 0 saturated heterocycles. The fourth-order valence-corrected chi connectivity index (χ4v) is 2.82. The minimum absolute atomic E-state index is 0.137. The predicted octanol–water partition coefficient (Wildman–Crippen LogP) is 4.23. The first-order valence-electron chi connectivity index (χ1n) is 9.67. The molecule has 8 heteroatoms. The first-order chi connectivity index (χ1) is 13.9. The fourth-order valence-electron chi connectivity index (χ4n) is 2.51. The summed E-state index contributed by atoms with van der Waals surface area (Å²) in [7, 11) is 0. The molecule has 1 aromatic heterocycles. The summed E-state index contributed by atoms with van der Waals surface area (Å²) in [6.45, 7) is 6.99. The van der Waals surface area contributed by atoms with Gasteiger partial charge in [0.15, 0.2) is 21.9 Å². The minimum Gasteiger partial charge on any atom is -0.490 e. The maximum absolute atomic E-state index is 12.2. The number of carbonyl (C=O) groups is 2. The van der Waals surface area contributed by atoms with Gasteiger partial charge in [0.25, 0.3) is 5.91 Å². The van der Waals surface area contributed by atoms with Crippen LogP contribution in [0.15, 0.2) is 39.4 Å². The first-order valence-corrected chi connectivity index (χ1v) is 10.5. The molecule has 0 radical (unpaired) electrons. The standard InChI is InChI=1S/C21H27BrN2O5/c1-4-10-27-16-7-6-15(12-18(16)28-11-5-2)14(3)24-20(25)13-23-21(26)17-8-9-19(22)29-17/h6-9,12,14H,4-5,10-11,13H2,1-3H3,(H,23,26)(H,24,25). The van der Waals surface area contributed by atoms with Gasteiger partial charge >= 0.3 is 0 Å². The van der Waals surface area contributed by atoms with Gasteiger partial charge in [-0.3, -0.25) is 9.59 Å². The molecular weight excluding hydrogens is 440 g/mol. The van der Waals surface area contributed by atoms with Gasteiger partial charge < -0.3 is 24.5 Å². The Kier molecular flexibility index (Phi) is 9.05. The molecule has 29 heavy (non-hydrogen) atoms. The minimum atomic E-state index is -0.453. The zero-order valence-corrected chi connectivity index (χ0v) is 18.5. The molecule has 2 aromatic rings. The Morgan fingerprint density at radius 1 is 1.07 bits per heavy atom. The first kappa shape index (κ1) is 22.8. The predicted molar refractivity (Wildman–Crippen MR) is 113 cm³/mol. The van der Waals surface area contributed by atoms with Gasteiger partial charge in [0.1, 0.15) is 0 Å². The zero-order chi connectivity index (χ0) is 21.2. The molecule has 158 valence electrons. The van der Waals surface area contributed by atoms with Crippen LogP contribution < -0.4 is 20.1 Å². The Bertz CT molecular complexity index is 821. The molecule has 0 aliphatic heterocycles. The lowest BCUT2D eigenvalue weighted by atomic mass is 10.1. The Morgan fingerprint density at radius 3 is 2.38 bits per heavy atom. The molecule has 2 N–H and O–H groups in total. The highest BCUT2D eigenvalue weighted by atomic mass is 79.9. The van der Waals surface area contributed by atoms with E-state index < -0.39 is 5.91 Å². The van der Waals surface area contributed by atoms with E-state index in [1.165, 1.54) is 6.07 Å². The third-order valence-corrected chi connectivity index (χ3v) is 4.40. The summed E-state index contributed by atoms with van der Waals surface area (Å²) in [6.07, 6.45) is 1.79. The SMILES string of the molecule is CCCOc1ccc(C(C)NC(=O)CNC(=O)c2ccc(Br)o2)cc1OCCC. The van der Waals surface area contributed by atoms with Gasteiger partial charge in [-0.05, 0) is 65.5 Å². The molecule has 0 saturated carbocycles.